The van der Waals surface area contributed by atoms with Crippen LogP contribution in [0.2, 0.25) is 0 Å². The van der Waals surface area contributed by atoms with Gasteiger partial charge in [-0.05, 0) is 30.3 Å². The van der Waals surface area contributed by atoms with Crippen LogP contribution in [0, 0.1) is 5.82 Å². The van der Waals surface area contributed by atoms with E-state index in [0.717, 1.165) is 5.69 Å². The fraction of sp³-hybridized carbons (Fsp3) is 0.143. The molecule has 0 aliphatic heterocycles. The third-order valence-electron chi connectivity index (χ3n) is 2.64. The molecular formula is C14H14FN3O. The molecule has 0 unspecified atom stereocenters. The summed E-state index contributed by atoms with van der Waals surface area (Å²) < 4.78 is 13.0. The lowest BCUT2D eigenvalue weighted by Gasteiger charge is -2.05. The summed E-state index contributed by atoms with van der Waals surface area (Å²) in [5.74, 6) is -0.652. The molecule has 0 atom stereocenters. The van der Waals surface area contributed by atoms with Gasteiger partial charge in [0.1, 0.15) is 5.82 Å². The molecule has 1 aromatic heterocycles. The number of nitrogen functional groups attached to an aromatic ring is 1. The van der Waals surface area contributed by atoms with E-state index in [1.165, 1.54) is 18.2 Å². The van der Waals surface area contributed by atoms with Crippen LogP contribution in [0.3, 0.4) is 0 Å². The number of hydrogen-bond acceptors (Lipinski definition) is 4. The second-order valence-corrected chi connectivity index (χ2v) is 4.08. The monoisotopic (exact) mass is 259 g/mol. The van der Waals surface area contributed by atoms with Gasteiger partial charge in [-0.1, -0.05) is 6.07 Å². The van der Waals surface area contributed by atoms with Crippen molar-refractivity contribution in [1.29, 1.82) is 0 Å². The number of aromatic nitrogens is 1. The smallest absolute Gasteiger partial charge is 0.176 e. The van der Waals surface area contributed by atoms with Crippen molar-refractivity contribution in [2.45, 2.75) is 6.54 Å². The summed E-state index contributed by atoms with van der Waals surface area (Å²) in [6.07, 6.45) is 1.69. The lowest BCUT2D eigenvalue weighted by atomic mass is 10.1. The number of benzene rings is 1. The van der Waals surface area contributed by atoms with Crippen LogP contribution >= 0.6 is 0 Å². The minimum Gasteiger partial charge on any atom is -0.396 e. The van der Waals surface area contributed by atoms with Gasteiger partial charge in [-0.3, -0.25) is 9.78 Å². The van der Waals surface area contributed by atoms with Crippen LogP contribution in [0.15, 0.2) is 42.6 Å². The van der Waals surface area contributed by atoms with E-state index in [4.69, 9.17) is 5.73 Å². The number of Topliss-reactive ketones (excluding diaryl/α,β-unsaturated/α-hetero) is 1. The summed E-state index contributed by atoms with van der Waals surface area (Å²) in [4.78, 5) is 16.0. The van der Waals surface area contributed by atoms with Crippen molar-refractivity contribution in [1.82, 2.24) is 10.3 Å². The molecule has 0 spiro atoms. The predicted molar refractivity (Wildman–Crippen MR) is 71.1 cm³/mol. The topological polar surface area (TPSA) is 68.0 Å². The van der Waals surface area contributed by atoms with Gasteiger partial charge in [0.2, 0.25) is 0 Å². The van der Waals surface area contributed by atoms with Crippen LogP contribution in [0.5, 0.6) is 0 Å². The Morgan fingerprint density at radius 3 is 2.84 bits per heavy atom. The Bertz CT molecular complexity index is 572. The van der Waals surface area contributed by atoms with E-state index < -0.39 is 5.82 Å². The van der Waals surface area contributed by atoms with Gasteiger partial charge in [-0.2, -0.15) is 0 Å². The Labute approximate surface area is 110 Å². The molecular weight excluding hydrogens is 245 g/mol. The van der Waals surface area contributed by atoms with Gasteiger partial charge in [-0.25, -0.2) is 4.39 Å². The molecule has 2 rings (SSSR count). The minimum atomic E-state index is -0.516. The molecule has 3 N–H and O–H groups in total. The number of pyridine rings is 1. The standard InChI is InChI=1S/C14H14FN3O/c15-12-5-4-10(7-13(12)16)14(19)9-17-8-11-3-1-2-6-18-11/h1-7,17H,8-9,16H2. The lowest BCUT2D eigenvalue weighted by molar-refractivity contribution is 0.0990. The van der Waals surface area contributed by atoms with Crippen molar-refractivity contribution < 1.29 is 9.18 Å². The zero-order chi connectivity index (χ0) is 13.7. The van der Waals surface area contributed by atoms with Crippen molar-refractivity contribution in [2.24, 2.45) is 0 Å². The maximum absolute atomic E-state index is 13.0. The summed E-state index contributed by atoms with van der Waals surface area (Å²) in [6, 6.07) is 9.55. The molecule has 1 aromatic carbocycles. The van der Waals surface area contributed by atoms with Crippen molar-refractivity contribution in [2.75, 3.05) is 12.3 Å². The van der Waals surface area contributed by atoms with Crippen LogP contribution in [0.1, 0.15) is 16.1 Å². The van der Waals surface area contributed by atoms with Crippen molar-refractivity contribution >= 4 is 11.5 Å². The van der Waals surface area contributed by atoms with Gasteiger partial charge in [0, 0.05) is 18.3 Å². The molecule has 0 aliphatic carbocycles. The normalized spacial score (nSPS) is 10.4. The van der Waals surface area contributed by atoms with E-state index in [-0.39, 0.29) is 18.0 Å². The van der Waals surface area contributed by atoms with E-state index in [0.29, 0.717) is 12.1 Å². The van der Waals surface area contributed by atoms with Crippen molar-refractivity contribution in [3.63, 3.8) is 0 Å². The van der Waals surface area contributed by atoms with Gasteiger partial charge in [0.05, 0.1) is 17.9 Å². The SMILES string of the molecule is Nc1cc(C(=O)CNCc2ccccn2)ccc1F. The fourth-order valence-electron chi connectivity index (χ4n) is 1.63. The first-order chi connectivity index (χ1) is 9.16. The van der Waals surface area contributed by atoms with E-state index >= 15 is 0 Å². The summed E-state index contributed by atoms with van der Waals surface area (Å²) in [6.45, 7) is 0.658. The Hall–Kier alpha value is -2.27. The summed E-state index contributed by atoms with van der Waals surface area (Å²) in [5.41, 5.74) is 6.65. The van der Waals surface area contributed by atoms with Crippen molar-refractivity contribution in [3.8, 4) is 0 Å². The first-order valence-corrected chi connectivity index (χ1v) is 5.85. The molecule has 4 nitrogen and oxygen atoms in total. The molecule has 98 valence electrons. The number of nitrogens with one attached hydrogen (secondary N) is 1. The maximum atomic E-state index is 13.0. The van der Waals surface area contributed by atoms with Crippen molar-refractivity contribution in [3.05, 3.63) is 59.7 Å². The molecule has 0 radical (unpaired) electrons. The van der Waals surface area contributed by atoms with Crippen LogP contribution in [0.4, 0.5) is 10.1 Å². The molecule has 2 aromatic rings. The van der Waals surface area contributed by atoms with Crippen LogP contribution in [-0.4, -0.2) is 17.3 Å². The second-order valence-electron chi connectivity index (χ2n) is 4.08. The number of ketones is 1. The Balaban J connectivity index is 1.89. The molecule has 19 heavy (non-hydrogen) atoms. The number of hydrogen-bond donors (Lipinski definition) is 2. The summed E-state index contributed by atoms with van der Waals surface area (Å²) in [7, 11) is 0. The zero-order valence-corrected chi connectivity index (χ0v) is 10.3. The van der Waals surface area contributed by atoms with E-state index in [1.54, 1.807) is 6.20 Å². The number of nitrogens with two attached hydrogens (primary N) is 1. The third-order valence-corrected chi connectivity index (χ3v) is 2.64. The number of nitrogens with zero attached hydrogens (tertiary/aromatic N) is 1. The number of carbonyl (C=O) groups is 1. The Morgan fingerprint density at radius 1 is 1.32 bits per heavy atom. The van der Waals surface area contributed by atoms with E-state index in [1.807, 2.05) is 18.2 Å². The number of carbonyl (C=O) groups excluding carboxylic acids is 1. The maximum Gasteiger partial charge on any atom is 0.176 e. The number of rotatable bonds is 5. The van der Waals surface area contributed by atoms with Gasteiger partial charge in [0.15, 0.2) is 5.78 Å². The van der Waals surface area contributed by atoms with Crippen LogP contribution in [-0.2, 0) is 6.54 Å². The van der Waals surface area contributed by atoms with Crippen LogP contribution in [0.25, 0.3) is 0 Å². The molecule has 0 fully saturated rings. The molecule has 1 heterocycles. The Kier molecular flexibility index (Phi) is 4.20. The molecule has 0 bridgehead atoms. The highest BCUT2D eigenvalue weighted by Gasteiger charge is 2.08. The summed E-state index contributed by atoms with van der Waals surface area (Å²) >= 11 is 0. The molecule has 5 heteroatoms. The predicted octanol–water partition coefficient (Wildman–Crippen LogP) is 1.78. The van der Waals surface area contributed by atoms with Gasteiger partial charge in [0.25, 0.3) is 0 Å². The van der Waals surface area contributed by atoms with Gasteiger partial charge >= 0.3 is 0 Å². The number of halogens is 1. The first-order valence-electron chi connectivity index (χ1n) is 5.85. The third kappa shape index (κ3) is 3.59. The second kappa shape index (κ2) is 6.06. The minimum absolute atomic E-state index is 0.0180. The highest BCUT2D eigenvalue weighted by atomic mass is 19.1. The van der Waals surface area contributed by atoms with Gasteiger partial charge < -0.3 is 11.1 Å². The van der Waals surface area contributed by atoms with E-state index in [9.17, 15) is 9.18 Å². The molecule has 0 aliphatic rings. The number of anilines is 1. The highest BCUT2D eigenvalue weighted by Crippen LogP contribution is 2.12. The fourth-order valence-corrected chi connectivity index (χ4v) is 1.63. The summed E-state index contributed by atoms with van der Waals surface area (Å²) in [5, 5.41) is 2.99. The first kappa shape index (κ1) is 13.2. The highest BCUT2D eigenvalue weighted by molar-refractivity contribution is 5.98. The lowest BCUT2D eigenvalue weighted by Crippen LogP contribution is -2.23. The quantitative estimate of drug-likeness (QED) is 0.634. The molecule has 0 saturated carbocycles. The molecule has 0 saturated heterocycles. The van der Waals surface area contributed by atoms with E-state index in [2.05, 4.69) is 10.3 Å². The largest absolute Gasteiger partial charge is 0.396 e. The average Bonchev–Trinajstić information content (AvgIpc) is 2.43. The average molecular weight is 259 g/mol. The van der Waals surface area contributed by atoms with Crippen LogP contribution < -0.4 is 11.1 Å². The Morgan fingerprint density at radius 2 is 2.16 bits per heavy atom. The van der Waals surface area contributed by atoms with Gasteiger partial charge in [-0.15, -0.1) is 0 Å². The zero-order valence-electron chi connectivity index (χ0n) is 10.3. The molecule has 0 amide bonds.